The summed E-state index contributed by atoms with van der Waals surface area (Å²) in [7, 11) is 0. The zero-order valence-electron chi connectivity index (χ0n) is 14.1. The average Bonchev–Trinajstić information content (AvgIpc) is 3.12. The lowest BCUT2D eigenvalue weighted by atomic mass is 10.2. The number of carbonyl (C=O) groups is 1. The Hall–Kier alpha value is -0.970. The normalized spacial score (nSPS) is 28.3. The predicted molar refractivity (Wildman–Crippen MR) is 102 cm³/mol. The molecule has 24 heavy (non-hydrogen) atoms. The van der Waals surface area contributed by atoms with Crippen molar-refractivity contribution in [3.63, 3.8) is 0 Å². The van der Waals surface area contributed by atoms with Crippen molar-refractivity contribution in [1.29, 1.82) is 0 Å². The molecule has 0 spiro atoms. The van der Waals surface area contributed by atoms with E-state index in [-0.39, 0.29) is 24.8 Å². The van der Waals surface area contributed by atoms with Crippen molar-refractivity contribution in [3.05, 3.63) is 29.8 Å². The third-order valence-electron chi connectivity index (χ3n) is 5.64. The van der Waals surface area contributed by atoms with Crippen LogP contribution in [-0.2, 0) is 4.79 Å². The van der Waals surface area contributed by atoms with Crippen LogP contribution in [0.15, 0.2) is 24.3 Å². The summed E-state index contributed by atoms with van der Waals surface area (Å²) < 4.78 is 0. The number of hydrogen-bond donors (Lipinski definition) is 1. The molecule has 4 nitrogen and oxygen atoms in total. The maximum absolute atomic E-state index is 12.7. The number of hydrogen-bond acceptors (Lipinski definition) is 3. The van der Waals surface area contributed by atoms with Crippen LogP contribution in [-0.4, -0.2) is 50.1 Å². The monoisotopic (exact) mass is 371 g/mol. The zero-order chi connectivity index (χ0) is 15.1. The molecule has 1 aromatic rings. The first-order valence-electron chi connectivity index (χ1n) is 8.56. The molecule has 1 N–H and O–H groups in total. The van der Waals surface area contributed by atoms with Gasteiger partial charge in [0.25, 0.3) is 0 Å². The SMILES string of the molecule is Cc1ccccc1N1CCCN(C(=O)C2[C@H]3CNC[C@@H]23)CC1.Cl.Cl. The minimum Gasteiger partial charge on any atom is -0.369 e. The van der Waals surface area contributed by atoms with Crippen LogP contribution in [0.25, 0.3) is 0 Å². The van der Waals surface area contributed by atoms with Crippen molar-refractivity contribution >= 4 is 36.4 Å². The fourth-order valence-corrected chi connectivity index (χ4v) is 4.29. The van der Waals surface area contributed by atoms with Crippen molar-refractivity contribution in [1.82, 2.24) is 10.2 Å². The lowest BCUT2D eigenvalue weighted by Gasteiger charge is -2.25. The molecule has 2 heterocycles. The smallest absolute Gasteiger partial charge is 0.226 e. The van der Waals surface area contributed by atoms with Gasteiger partial charge in [0.2, 0.25) is 5.91 Å². The van der Waals surface area contributed by atoms with E-state index in [1.54, 1.807) is 0 Å². The lowest BCUT2D eigenvalue weighted by molar-refractivity contribution is -0.133. The number of aryl methyl sites for hydroxylation is 1. The van der Waals surface area contributed by atoms with Gasteiger partial charge in [0, 0.05) is 37.8 Å². The zero-order valence-corrected chi connectivity index (χ0v) is 15.7. The summed E-state index contributed by atoms with van der Waals surface area (Å²) in [4.78, 5) is 17.3. The quantitative estimate of drug-likeness (QED) is 0.866. The Balaban J connectivity index is 0.00000104. The molecule has 1 aliphatic carbocycles. The highest BCUT2D eigenvalue weighted by molar-refractivity contribution is 5.85. The minimum absolute atomic E-state index is 0. The molecule has 0 bridgehead atoms. The third kappa shape index (κ3) is 3.51. The highest BCUT2D eigenvalue weighted by Crippen LogP contribution is 2.49. The predicted octanol–water partition coefficient (Wildman–Crippen LogP) is 2.34. The Labute approximate surface area is 156 Å². The molecular weight excluding hydrogens is 345 g/mol. The van der Waals surface area contributed by atoms with Crippen LogP contribution in [0.1, 0.15) is 12.0 Å². The second kappa shape index (κ2) is 7.94. The van der Waals surface area contributed by atoms with E-state index in [0.29, 0.717) is 23.7 Å². The van der Waals surface area contributed by atoms with E-state index >= 15 is 0 Å². The Morgan fingerprint density at radius 1 is 1.04 bits per heavy atom. The van der Waals surface area contributed by atoms with Crippen LogP contribution >= 0.6 is 24.8 Å². The summed E-state index contributed by atoms with van der Waals surface area (Å²) in [6, 6.07) is 8.56. The second-order valence-corrected chi connectivity index (χ2v) is 6.96. The van der Waals surface area contributed by atoms with E-state index < -0.39 is 0 Å². The number of para-hydroxylation sites is 1. The highest BCUT2D eigenvalue weighted by atomic mass is 35.5. The summed E-state index contributed by atoms with van der Waals surface area (Å²) in [6.45, 7) is 8.06. The number of nitrogens with zero attached hydrogens (tertiary/aromatic N) is 2. The third-order valence-corrected chi connectivity index (χ3v) is 5.64. The van der Waals surface area contributed by atoms with Crippen LogP contribution in [0.5, 0.6) is 0 Å². The molecule has 3 aliphatic rings. The number of amides is 1. The molecule has 1 amide bonds. The van der Waals surface area contributed by atoms with Gasteiger partial charge in [-0.3, -0.25) is 4.79 Å². The van der Waals surface area contributed by atoms with Crippen LogP contribution in [0.3, 0.4) is 0 Å². The Kier molecular flexibility index (Phi) is 6.40. The van der Waals surface area contributed by atoms with Crippen LogP contribution < -0.4 is 10.2 Å². The van der Waals surface area contributed by atoms with Crippen LogP contribution in [0.4, 0.5) is 5.69 Å². The molecule has 2 aliphatic heterocycles. The maximum atomic E-state index is 12.7. The van der Waals surface area contributed by atoms with Crippen molar-refractivity contribution in [2.24, 2.45) is 17.8 Å². The van der Waals surface area contributed by atoms with E-state index in [2.05, 4.69) is 46.3 Å². The number of benzene rings is 1. The topological polar surface area (TPSA) is 35.6 Å². The van der Waals surface area contributed by atoms with Gasteiger partial charge in [-0.2, -0.15) is 0 Å². The number of rotatable bonds is 2. The minimum atomic E-state index is 0. The van der Waals surface area contributed by atoms with Crippen molar-refractivity contribution < 1.29 is 4.79 Å². The molecule has 0 radical (unpaired) electrons. The first kappa shape index (κ1) is 19.4. The highest BCUT2D eigenvalue weighted by Gasteiger charge is 2.57. The molecule has 4 rings (SSSR count). The first-order valence-corrected chi connectivity index (χ1v) is 8.56. The molecule has 134 valence electrons. The summed E-state index contributed by atoms with van der Waals surface area (Å²) in [5.74, 6) is 2.00. The van der Waals surface area contributed by atoms with Gasteiger partial charge in [0.05, 0.1) is 0 Å². The molecule has 3 atom stereocenters. The molecule has 1 saturated carbocycles. The van der Waals surface area contributed by atoms with Gasteiger partial charge in [0.1, 0.15) is 0 Å². The Morgan fingerprint density at radius 2 is 1.75 bits per heavy atom. The van der Waals surface area contributed by atoms with Crippen molar-refractivity contribution in [2.75, 3.05) is 44.2 Å². The van der Waals surface area contributed by atoms with Gasteiger partial charge in [-0.05, 0) is 49.9 Å². The van der Waals surface area contributed by atoms with Gasteiger partial charge in [-0.15, -0.1) is 24.8 Å². The van der Waals surface area contributed by atoms with Gasteiger partial charge in [0.15, 0.2) is 0 Å². The van der Waals surface area contributed by atoms with Gasteiger partial charge in [-0.1, -0.05) is 18.2 Å². The summed E-state index contributed by atoms with van der Waals surface area (Å²) in [6.07, 6.45) is 1.07. The van der Waals surface area contributed by atoms with E-state index in [1.807, 2.05) is 0 Å². The van der Waals surface area contributed by atoms with Crippen LogP contribution in [0, 0.1) is 24.7 Å². The molecule has 1 unspecified atom stereocenters. The largest absolute Gasteiger partial charge is 0.369 e. The van der Waals surface area contributed by atoms with Gasteiger partial charge >= 0.3 is 0 Å². The van der Waals surface area contributed by atoms with Crippen molar-refractivity contribution in [2.45, 2.75) is 13.3 Å². The van der Waals surface area contributed by atoms with E-state index in [0.717, 1.165) is 45.7 Å². The molecule has 2 saturated heterocycles. The summed E-state index contributed by atoms with van der Waals surface area (Å²) >= 11 is 0. The van der Waals surface area contributed by atoms with Crippen molar-refractivity contribution in [3.8, 4) is 0 Å². The van der Waals surface area contributed by atoms with E-state index in [1.165, 1.54) is 11.3 Å². The summed E-state index contributed by atoms with van der Waals surface area (Å²) in [5, 5.41) is 3.38. The molecular formula is C18H27Cl2N3O. The average molecular weight is 372 g/mol. The number of carbonyl (C=O) groups excluding carboxylic acids is 1. The Bertz CT molecular complexity index is 573. The maximum Gasteiger partial charge on any atom is 0.226 e. The number of halogens is 2. The molecule has 3 fully saturated rings. The standard InChI is InChI=1S/C18H25N3O.2ClH/c1-13-5-2-3-6-16(13)20-7-4-8-21(10-9-20)18(22)17-14-11-19-12-15(14)17;;/h2-3,5-6,14-15,17,19H,4,7-12H2,1H3;2*1H/t14-,15+,17?;;. The number of fused-ring (bicyclic) bond motifs is 1. The van der Waals surface area contributed by atoms with Gasteiger partial charge in [-0.25, -0.2) is 0 Å². The second-order valence-electron chi connectivity index (χ2n) is 6.96. The van der Waals surface area contributed by atoms with Crippen LogP contribution in [0.2, 0.25) is 0 Å². The Morgan fingerprint density at radius 3 is 2.46 bits per heavy atom. The molecule has 6 heteroatoms. The lowest BCUT2D eigenvalue weighted by Crippen LogP contribution is -2.38. The number of anilines is 1. The van der Waals surface area contributed by atoms with E-state index in [4.69, 9.17) is 0 Å². The first-order chi connectivity index (χ1) is 10.8. The fraction of sp³-hybridized carbons (Fsp3) is 0.611. The summed E-state index contributed by atoms with van der Waals surface area (Å²) in [5.41, 5.74) is 2.65. The van der Waals surface area contributed by atoms with E-state index in [9.17, 15) is 4.79 Å². The number of nitrogens with one attached hydrogen (secondary N) is 1. The molecule has 1 aromatic carbocycles. The molecule has 0 aromatic heterocycles. The number of piperidine rings is 1. The van der Waals surface area contributed by atoms with Gasteiger partial charge < -0.3 is 15.1 Å². The fourth-order valence-electron chi connectivity index (χ4n) is 4.29.